The summed E-state index contributed by atoms with van der Waals surface area (Å²) in [4.78, 5) is 11.1. The van der Waals surface area contributed by atoms with Gasteiger partial charge in [0, 0.05) is 30.0 Å². The topological polar surface area (TPSA) is 85.5 Å². The van der Waals surface area contributed by atoms with E-state index in [1.807, 2.05) is 60.7 Å². The zero-order chi connectivity index (χ0) is 19.3. The molecule has 0 saturated carbocycles. The van der Waals surface area contributed by atoms with Crippen molar-refractivity contribution in [2.24, 2.45) is 5.10 Å². The van der Waals surface area contributed by atoms with Gasteiger partial charge in [0.2, 0.25) is 5.69 Å². The number of nitrogens with one attached hydrogen (secondary N) is 1. The second kappa shape index (κ2) is 7.85. The van der Waals surface area contributed by atoms with E-state index in [0.717, 1.165) is 21.9 Å². The number of aromatic nitrogens is 2. The molecule has 3 aromatic carbocycles. The fourth-order valence-corrected chi connectivity index (χ4v) is 3.48. The van der Waals surface area contributed by atoms with Crippen molar-refractivity contribution in [3.8, 4) is 16.3 Å². The molecule has 0 spiro atoms. The number of non-ortho nitro benzene ring substituents is 1. The molecule has 1 aromatic heterocycles. The normalized spacial score (nSPS) is 11.4. The Kier molecular flexibility index (Phi) is 4.94. The lowest BCUT2D eigenvalue weighted by molar-refractivity contribution is -0.650. The highest BCUT2D eigenvalue weighted by atomic mass is 32.1. The molecule has 4 rings (SSSR count). The van der Waals surface area contributed by atoms with Crippen LogP contribution in [0.5, 0.6) is 0 Å². The van der Waals surface area contributed by atoms with E-state index in [0.29, 0.717) is 4.80 Å². The number of anilines is 1. The highest BCUT2D eigenvalue weighted by Gasteiger charge is 2.18. The van der Waals surface area contributed by atoms with Crippen molar-refractivity contribution in [2.45, 2.75) is 0 Å². The molecular formula is C20H15N5O2S. The summed E-state index contributed by atoms with van der Waals surface area (Å²) in [5, 5.41) is 20.7. The van der Waals surface area contributed by atoms with Gasteiger partial charge in [-0.1, -0.05) is 47.7 Å². The van der Waals surface area contributed by atoms with Gasteiger partial charge < -0.3 is 10.5 Å². The zero-order valence-electron chi connectivity index (χ0n) is 14.6. The Morgan fingerprint density at radius 2 is 1.57 bits per heavy atom. The minimum Gasteiger partial charge on any atom is -0.367 e. The third-order valence-electron chi connectivity index (χ3n) is 3.95. The van der Waals surface area contributed by atoms with Crippen molar-refractivity contribution < 1.29 is 9.61 Å². The van der Waals surface area contributed by atoms with Gasteiger partial charge in [0.05, 0.1) is 15.3 Å². The van der Waals surface area contributed by atoms with Gasteiger partial charge in [-0.15, -0.1) is 4.68 Å². The SMILES string of the molecule is O=[N+]([O-])c1ccc(-c2s/c(=N\Nc3ccccc3)[n-][n+]2-c2ccccc2)cc1. The van der Waals surface area contributed by atoms with Crippen LogP contribution in [-0.2, 0) is 0 Å². The van der Waals surface area contributed by atoms with E-state index in [2.05, 4.69) is 15.6 Å². The van der Waals surface area contributed by atoms with Crippen molar-refractivity contribution in [2.75, 3.05) is 5.43 Å². The number of nitrogens with zero attached hydrogens (tertiary/aromatic N) is 4. The number of para-hydroxylation sites is 2. The first-order valence-corrected chi connectivity index (χ1v) is 9.27. The predicted octanol–water partition coefficient (Wildman–Crippen LogP) is 3.49. The Morgan fingerprint density at radius 1 is 0.929 bits per heavy atom. The zero-order valence-corrected chi connectivity index (χ0v) is 15.4. The molecule has 138 valence electrons. The lowest BCUT2D eigenvalue weighted by Crippen LogP contribution is -2.39. The van der Waals surface area contributed by atoms with Crippen LogP contribution in [0.3, 0.4) is 0 Å². The molecule has 7 nitrogen and oxygen atoms in total. The third kappa shape index (κ3) is 3.81. The quantitative estimate of drug-likeness (QED) is 0.322. The number of hydrogen-bond donors (Lipinski definition) is 1. The molecule has 0 aliphatic carbocycles. The van der Waals surface area contributed by atoms with Gasteiger partial charge in [0.25, 0.3) is 10.7 Å². The van der Waals surface area contributed by atoms with Crippen LogP contribution in [0.25, 0.3) is 16.3 Å². The van der Waals surface area contributed by atoms with Crippen LogP contribution >= 0.6 is 11.3 Å². The van der Waals surface area contributed by atoms with Crippen LogP contribution in [0.15, 0.2) is 90.0 Å². The summed E-state index contributed by atoms with van der Waals surface area (Å²) in [6.07, 6.45) is 0. The molecule has 0 radical (unpaired) electrons. The summed E-state index contributed by atoms with van der Waals surface area (Å²) in [6.45, 7) is 0. The molecule has 0 aliphatic rings. The van der Waals surface area contributed by atoms with Crippen LogP contribution in [0.2, 0.25) is 0 Å². The van der Waals surface area contributed by atoms with E-state index < -0.39 is 4.92 Å². The van der Waals surface area contributed by atoms with Crippen LogP contribution in [0.4, 0.5) is 11.4 Å². The van der Waals surface area contributed by atoms with Gasteiger partial charge >= 0.3 is 0 Å². The van der Waals surface area contributed by atoms with Gasteiger partial charge in [-0.2, -0.15) is 5.10 Å². The van der Waals surface area contributed by atoms with Gasteiger partial charge in [-0.3, -0.25) is 10.1 Å². The van der Waals surface area contributed by atoms with Crippen molar-refractivity contribution >= 4 is 22.7 Å². The Balaban J connectivity index is 1.77. The fourth-order valence-electron chi connectivity index (χ4n) is 2.60. The van der Waals surface area contributed by atoms with Crippen LogP contribution in [-0.4, -0.2) is 4.92 Å². The standard InChI is InChI=1S/C20H15N5O2S/c26-25(27)18-13-11-15(12-14-18)19-24(17-9-5-2-6-10-17)23-20(28-19)22-21-16-7-3-1-4-8-16/h1-14,21H/b22-20-. The first-order valence-electron chi connectivity index (χ1n) is 8.46. The predicted molar refractivity (Wildman–Crippen MR) is 107 cm³/mol. The minimum atomic E-state index is -0.410. The summed E-state index contributed by atoms with van der Waals surface area (Å²) in [5.41, 5.74) is 5.62. The van der Waals surface area contributed by atoms with E-state index in [-0.39, 0.29) is 5.69 Å². The van der Waals surface area contributed by atoms with Crippen molar-refractivity contribution in [3.05, 3.63) is 99.8 Å². The van der Waals surface area contributed by atoms with E-state index >= 15 is 0 Å². The van der Waals surface area contributed by atoms with Crippen LogP contribution in [0.1, 0.15) is 0 Å². The number of benzene rings is 3. The minimum absolute atomic E-state index is 0.0511. The van der Waals surface area contributed by atoms with Crippen LogP contribution < -0.4 is 20.0 Å². The van der Waals surface area contributed by atoms with Gasteiger partial charge in [-0.25, -0.2) is 0 Å². The lowest BCUT2D eigenvalue weighted by Gasteiger charge is -2.02. The summed E-state index contributed by atoms with van der Waals surface area (Å²) >= 11 is 1.39. The maximum atomic E-state index is 10.9. The molecule has 1 heterocycles. The lowest BCUT2D eigenvalue weighted by atomic mass is 10.2. The number of nitro groups is 1. The monoisotopic (exact) mass is 389 g/mol. The molecular weight excluding hydrogens is 374 g/mol. The maximum absolute atomic E-state index is 10.9. The molecule has 0 unspecified atom stereocenters. The van der Waals surface area contributed by atoms with Crippen molar-refractivity contribution in [3.63, 3.8) is 0 Å². The molecule has 8 heteroatoms. The van der Waals surface area contributed by atoms with Gasteiger partial charge in [-0.05, 0) is 24.3 Å². The average Bonchev–Trinajstić information content (AvgIpc) is 3.18. The molecule has 1 N–H and O–H groups in total. The highest BCUT2D eigenvalue weighted by molar-refractivity contribution is 7.11. The second-order valence-corrected chi connectivity index (χ2v) is 6.79. The van der Waals surface area contributed by atoms with E-state index in [9.17, 15) is 10.1 Å². The van der Waals surface area contributed by atoms with E-state index in [4.69, 9.17) is 0 Å². The summed E-state index contributed by atoms with van der Waals surface area (Å²) < 4.78 is 1.79. The van der Waals surface area contributed by atoms with Crippen LogP contribution in [0, 0.1) is 10.1 Å². The highest BCUT2D eigenvalue weighted by Crippen LogP contribution is 2.22. The second-order valence-electron chi connectivity index (χ2n) is 5.83. The molecule has 28 heavy (non-hydrogen) atoms. The van der Waals surface area contributed by atoms with Crippen molar-refractivity contribution in [1.29, 1.82) is 0 Å². The number of rotatable bonds is 5. The largest absolute Gasteiger partial charge is 0.367 e. The van der Waals surface area contributed by atoms with E-state index in [1.165, 1.54) is 23.5 Å². The molecule has 0 atom stereocenters. The van der Waals surface area contributed by atoms with Gasteiger partial charge in [0.15, 0.2) is 0 Å². The smallest absolute Gasteiger partial charge is 0.282 e. The van der Waals surface area contributed by atoms with Gasteiger partial charge in [0.1, 0.15) is 0 Å². The average molecular weight is 389 g/mol. The summed E-state index contributed by atoms with van der Waals surface area (Å²) in [7, 11) is 0. The Labute approximate surface area is 164 Å². The molecule has 0 amide bonds. The Hall–Kier alpha value is -3.78. The van der Waals surface area contributed by atoms with E-state index in [1.54, 1.807) is 16.8 Å². The first-order chi connectivity index (χ1) is 13.7. The summed E-state index contributed by atoms with van der Waals surface area (Å²) in [5.74, 6) is 0. The molecule has 0 aliphatic heterocycles. The number of hydrogen-bond acceptors (Lipinski definition) is 5. The third-order valence-corrected chi connectivity index (χ3v) is 4.90. The molecule has 4 aromatic rings. The number of nitro benzene ring substituents is 1. The maximum Gasteiger partial charge on any atom is 0.282 e. The van der Waals surface area contributed by atoms with Crippen molar-refractivity contribution in [1.82, 2.24) is 5.10 Å². The Morgan fingerprint density at radius 3 is 2.21 bits per heavy atom. The summed E-state index contributed by atoms with van der Waals surface area (Å²) in [6, 6.07) is 25.7. The Bertz CT molecular complexity index is 1150. The first kappa shape index (κ1) is 17.6. The fraction of sp³-hybridized carbons (Fsp3) is 0. The molecule has 0 bridgehead atoms. The molecule has 0 saturated heterocycles. The molecule has 0 fully saturated rings.